The maximum Gasteiger partial charge on any atom is 0.220 e. The SMILES string of the molecule is O=C(CC1CC2CCC(C1)N2)NCCCCn1ccnc1. The molecule has 0 radical (unpaired) electrons. The van der Waals surface area contributed by atoms with Crippen molar-refractivity contribution >= 4 is 5.91 Å². The summed E-state index contributed by atoms with van der Waals surface area (Å²) >= 11 is 0. The van der Waals surface area contributed by atoms with E-state index in [1.165, 1.54) is 25.7 Å². The first-order valence-corrected chi connectivity index (χ1v) is 8.28. The number of fused-ring (bicyclic) bond motifs is 2. The maximum atomic E-state index is 12.0. The number of imidazole rings is 1. The molecule has 0 aliphatic carbocycles. The number of carbonyl (C=O) groups is 1. The van der Waals surface area contributed by atoms with Crippen molar-refractivity contribution in [1.29, 1.82) is 0 Å². The van der Waals surface area contributed by atoms with E-state index < -0.39 is 0 Å². The van der Waals surface area contributed by atoms with E-state index in [1.807, 2.05) is 12.5 Å². The third-order valence-corrected chi connectivity index (χ3v) is 4.77. The monoisotopic (exact) mass is 290 g/mol. The number of aryl methyl sites for hydroxylation is 1. The summed E-state index contributed by atoms with van der Waals surface area (Å²) in [5.41, 5.74) is 0. The first-order chi connectivity index (χ1) is 10.3. The third-order valence-electron chi connectivity index (χ3n) is 4.77. The van der Waals surface area contributed by atoms with E-state index in [0.717, 1.165) is 32.4 Å². The fraction of sp³-hybridized carbons (Fsp3) is 0.750. The zero-order valence-corrected chi connectivity index (χ0v) is 12.6. The van der Waals surface area contributed by atoms with Crippen molar-refractivity contribution in [2.75, 3.05) is 6.54 Å². The highest BCUT2D eigenvalue weighted by Gasteiger charge is 2.33. The summed E-state index contributed by atoms with van der Waals surface area (Å²) in [5.74, 6) is 0.832. The Morgan fingerprint density at radius 3 is 2.81 bits per heavy atom. The number of unbranched alkanes of at least 4 members (excludes halogenated alkanes) is 1. The summed E-state index contributed by atoms with van der Waals surface area (Å²) in [6, 6.07) is 1.36. The summed E-state index contributed by atoms with van der Waals surface area (Å²) in [5, 5.41) is 6.70. The predicted octanol–water partition coefficient (Wildman–Crippen LogP) is 1.70. The number of hydrogen-bond acceptors (Lipinski definition) is 3. The van der Waals surface area contributed by atoms with E-state index in [1.54, 1.807) is 6.20 Å². The van der Waals surface area contributed by atoms with E-state index in [4.69, 9.17) is 0 Å². The summed E-state index contributed by atoms with van der Waals surface area (Å²) in [4.78, 5) is 16.0. The molecule has 1 aromatic rings. The van der Waals surface area contributed by atoms with Crippen LogP contribution in [0, 0.1) is 5.92 Å². The van der Waals surface area contributed by atoms with Gasteiger partial charge in [-0.05, 0) is 44.4 Å². The Morgan fingerprint density at radius 1 is 1.29 bits per heavy atom. The number of nitrogens with zero attached hydrogens (tertiary/aromatic N) is 2. The van der Waals surface area contributed by atoms with Gasteiger partial charge in [-0.25, -0.2) is 4.98 Å². The molecule has 1 aromatic heterocycles. The number of rotatable bonds is 7. The van der Waals surface area contributed by atoms with Gasteiger partial charge in [0.1, 0.15) is 0 Å². The number of carbonyl (C=O) groups excluding carboxylic acids is 1. The molecule has 2 unspecified atom stereocenters. The quantitative estimate of drug-likeness (QED) is 0.752. The lowest BCUT2D eigenvalue weighted by Gasteiger charge is -2.28. The van der Waals surface area contributed by atoms with Crippen molar-refractivity contribution in [3.8, 4) is 0 Å². The Kier molecular flexibility index (Phi) is 4.91. The van der Waals surface area contributed by atoms with Crippen LogP contribution in [0.2, 0.25) is 0 Å². The van der Waals surface area contributed by atoms with Gasteiger partial charge in [-0.1, -0.05) is 0 Å². The summed E-state index contributed by atoms with van der Waals surface area (Å²) in [6.45, 7) is 1.78. The molecule has 2 aliphatic heterocycles. The van der Waals surface area contributed by atoms with Gasteiger partial charge in [0.25, 0.3) is 0 Å². The second-order valence-corrected chi connectivity index (χ2v) is 6.54. The number of nitrogens with one attached hydrogen (secondary N) is 2. The predicted molar refractivity (Wildman–Crippen MR) is 81.8 cm³/mol. The zero-order valence-electron chi connectivity index (χ0n) is 12.6. The molecular formula is C16H26N4O. The van der Waals surface area contributed by atoms with Crippen molar-refractivity contribution < 1.29 is 4.79 Å². The number of piperidine rings is 1. The Bertz CT molecular complexity index is 433. The molecule has 2 fully saturated rings. The third kappa shape index (κ3) is 4.30. The number of hydrogen-bond donors (Lipinski definition) is 2. The largest absolute Gasteiger partial charge is 0.356 e. The fourth-order valence-corrected chi connectivity index (χ4v) is 3.74. The molecule has 3 heterocycles. The van der Waals surface area contributed by atoms with Gasteiger partial charge >= 0.3 is 0 Å². The van der Waals surface area contributed by atoms with Gasteiger partial charge in [-0.3, -0.25) is 4.79 Å². The van der Waals surface area contributed by atoms with Crippen molar-refractivity contribution in [3.05, 3.63) is 18.7 Å². The maximum absolute atomic E-state index is 12.0. The van der Waals surface area contributed by atoms with Gasteiger partial charge in [0.05, 0.1) is 6.33 Å². The van der Waals surface area contributed by atoms with Crippen LogP contribution in [0.4, 0.5) is 0 Å². The van der Waals surface area contributed by atoms with Crippen LogP contribution in [0.15, 0.2) is 18.7 Å². The lowest BCUT2D eigenvalue weighted by atomic mass is 9.89. The summed E-state index contributed by atoms with van der Waals surface area (Å²) in [6.07, 6.45) is 13.4. The van der Waals surface area contributed by atoms with Crippen LogP contribution in [0.1, 0.15) is 44.9 Å². The molecule has 116 valence electrons. The van der Waals surface area contributed by atoms with E-state index in [2.05, 4.69) is 20.2 Å². The Morgan fingerprint density at radius 2 is 2.10 bits per heavy atom. The molecule has 1 amide bonds. The van der Waals surface area contributed by atoms with Crippen molar-refractivity contribution in [2.45, 2.75) is 63.6 Å². The van der Waals surface area contributed by atoms with Gasteiger partial charge in [0, 0.05) is 44.0 Å². The molecule has 2 aliphatic rings. The number of aromatic nitrogens is 2. The van der Waals surface area contributed by atoms with Gasteiger partial charge < -0.3 is 15.2 Å². The number of amides is 1. The zero-order chi connectivity index (χ0) is 14.5. The van der Waals surface area contributed by atoms with E-state index >= 15 is 0 Å². The smallest absolute Gasteiger partial charge is 0.220 e. The lowest BCUT2D eigenvalue weighted by Crippen LogP contribution is -2.39. The highest BCUT2D eigenvalue weighted by molar-refractivity contribution is 5.76. The highest BCUT2D eigenvalue weighted by Crippen LogP contribution is 2.32. The van der Waals surface area contributed by atoms with Crippen molar-refractivity contribution in [3.63, 3.8) is 0 Å². The Labute approximate surface area is 126 Å². The minimum absolute atomic E-state index is 0.240. The van der Waals surface area contributed by atoms with Crippen LogP contribution in [0.3, 0.4) is 0 Å². The highest BCUT2D eigenvalue weighted by atomic mass is 16.1. The van der Waals surface area contributed by atoms with E-state index in [0.29, 0.717) is 18.0 Å². The van der Waals surface area contributed by atoms with Crippen LogP contribution in [0.5, 0.6) is 0 Å². The second kappa shape index (κ2) is 7.07. The summed E-state index contributed by atoms with van der Waals surface area (Å²) < 4.78 is 2.08. The van der Waals surface area contributed by atoms with Crippen LogP contribution < -0.4 is 10.6 Å². The molecule has 3 rings (SSSR count). The first-order valence-electron chi connectivity index (χ1n) is 8.28. The normalized spacial score (nSPS) is 27.7. The molecule has 2 N–H and O–H groups in total. The standard InChI is InChI=1S/C16H26N4O/c21-16(11-13-9-14-3-4-15(10-13)19-14)18-5-1-2-7-20-8-6-17-12-20/h6,8,12-15,19H,1-5,7,9-11H2,(H,18,21). The van der Waals surface area contributed by atoms with Crippen molar-refractivity contribution in [1.82, 2.24) is 20.2 Å². The van der Waals surface area contributed by atoms with Gasteiger partial charge in [0.2, 0.25) is 5.91 Å². The molecule has 5 heteroatoms. The van der Waals surface area contributed by atoms with Gasteiger partial charge in [0.15, 0.2) is 0 Å². The minimum Gasteiger partial charge on any atom is -0.356 e. The fourth-order valence-electron chi connectivity index (χ4n) is 3.74. The summed E-state index contributed by atoms with van der Waals surface area (Å²) in [7, 11) is 0. The molecule has 2 bridgehead atoms. The van der Waals surface area contributed by atoms with Crippen LogP contribution in [-0.2, 0) is 11.3 Å². The van der Waals surface area contributed by atoms with Crippen LogP contribution in [0.25, 0.3) is 0 Å². The molecule has 0 spiro atoms. The lowest BCUT2D eigenvalue weighted by molar-refractivity contribution is -0.122. The Hall–Kier alpha value is -1.36. The van der Waals surface area contributed by atoms with Crippen LogP contribution in [-0.4, -0.2) is 34.1 Å². The Balaban J connectivity index is 1.26. The van der Waals surface area contributed by atoms with Gasteiger partial charge in [-0.15, -0.1) is 0 Å². The van der Waals surface area contributed by atoms with E-state index in [-0.39, 0.29) is 5.91 Å². The molecule has 5 nitrogen and oxygen atoms in total. The molecule has 2 saturated heterocycles. The molecule has 0 saturated carbocycles. The molecular weight excluding hydrogens is 264 g/mol. The minimum atomic E-state index is 0.240. The molecule has 0 aromatic carbocycles. The molecule has 21 heavy (non-hydrogen) atoms. The topological polar surface area (TPSA) is 59.0 Å². The second-order valence-electron chi connectivity index (χ2n) is 6.54. The molecule has 2 atom stereocenters. The van der Waals surface area contributed by atoms with Crippen molar-refractivity contribution in [2.24, 2.45) is 5.92 Å². The average Bonchev–Trinajstić information content (AvgIpc) is 3.08. The van der Waals surface area contributed by atoms with Crippen LogP contribution >= 0.6 is 0 Å². The van der Waals surface area contributed by atoms with Gasteiger partial charge in [-0.2, -0.15) is 0 Å². The van der Waals surface area contributed by atoms with E-state index in [9.17, 15) is 4.79 Å². The first kappa shape index (κ1) is 14.6. The average molecular weight is 290 g/mol.